The molecule has 1 aliphatic heterocycles. The number of methoxy groups -OCH3 is 1. The summed E-state index contributed by atoms with van der Waals surface area (Å²) in [6.07, 6.45) is 1.32. The molecule has 21 heavy (non-hydrogen) atoms. The molecule has 1 aromatic rings. The molecule has 0 radical (unpaired) electrons. The van der Waals surface area contributed by atoms with Gasteiger partial charge >= 0.3 is 5.97 Å². The number of rotatable bonds is 3. The van der Waals surface area contributed by atoms with Crippen molar-refractivity contribution in [1.82, 2.24) is 4.90 Å². The lowest BCUT2D eigenvalue weighted by molar-refractivity contribution is -0.144. The van der Waals surface area contributed by atoms with Gasteiger partial charge in [-0.1, -0.05) is 18.6 Å². The SMILES string of the molecule is COc1ccc(C)cc1C(=O)N1CCC(C)CC1C(=O)O. The van der Waals surface area contributed by atoms with Gasteiger partial charge in [0, 0.05) is 6.54 Å². The van der Waals surface area contributed by atoms with Gasteiger partial charge in [-0.2, -0.15) is 0 Å². The van der Waals surface area contributed by atoms with E-state index < -0.39 is 12.0 Å². The minimum atomic E-state index is -0.943. The van der Waals surface area contributed by atoms with E-state index in [2.05, 4.69) is 0 Å². The Morgan fingerprint density at radius 3 is 2.71 bits per heavy atom. The fourth-order valence-corrected chi connectivity index (χ4v) is 2.76. The monoisotopic (exact) mass is 291 g/mol. The zero-order valence-corrected chi connectivity index (χ0v) is 12.6. The molecule has 1 aliphatic rings. The first kappa shape index (κ1) is 15.4. The van der Waals surface area contributed by atoms with Crippen LogP contribution in [0.4, 0.5) is 0 Å². The molecule has 0 aromatic heterocycles. The van der Waals surface area contributed by atoms with Crippen molar-refractivity contribution in [3.8, 4) is 5.75 Å². The number of carbonyl (C=O) groups is 2. The third-order valence-corrected chi connectivity index (χ3v) is 4.00. The molecule has 0 aliphatic carbocycles. The van der Waals surface area contributed by atoms with E-state index in [1.54, 1.807) is 12.1 Å². The van der Waals surface area contributed by atoms with Crippen molar-refractivity contribution in [2.75, 3.05) is 13.7 Å². The number of piperidine rings is 1. The number of hydrogen-bond donors (Lipinski definition) is 1. The van der Waals surface area contributed by atoms with Crippen LogP contribution < -0.4 is 4.74 Å². The summed E-state index contributed by atoms with van der Waals surface area (Å²) in [5, 5.41) is 9.38. The number of amides is 1. The molecule has 1 heterocycles. The highest BCUT2D eigenvalue weighted by atomic mass is 16.5. The van der Waals surface area contributed by atoms with E-state index in [-0.39, 0.29) is 5.91 Å². The number of hydrogen-bond acceptors (Lipinski definition) is 3. The van der Waals surface area contributed by atoms with E-state index in [1.165, 1.54) is 12.0 Å². The number of carbonyl (C=O) groups excluding carboxylic acids is 1. The van der Waals surface area contributed by atoms with Crippen molar-refractivity contribution < 1.29 is 19.4 Å². The minimum Gasteiger partial charge on any atom is -0.496 e. The van der Waals surface area contributed by atoms with E-state index in [4.69, 9.17) is 4.74 Å². The van der Waals surface area contributed by atoms with Gasteiger partial charge in [0.1, 0.15) is 11.8 Å². The Morgan fingerprint density at radius 1 is 1.38 bits per heavy atom. The molecule has 114 valence electrons. The first-order valence-corrected chi connectivity index (χ1v) is 7.12. The van der Waals surface area contributed by atoms with Gasteiger partial charge < -0.3 is 14.7 Å². The molecule has 1 saturated heterocycles. The van der Waals surface area contributed by atoms with Crippen molar-refractivity contribution in [2.24, 2.45) is 5.92 Å². The highest BCUT2D eigenvalue weighted by Crippen LogP contribution is 2.28. The highest BCUT2D eigenvalue weighted by molar-refractivity contribution is 5.99. The number of aliphatic carboxylic acids is 1. The van der Waals surface area contributed by atoms with Gasteiger partial charge in [-0.25, -0.2) is 4.79 Å². The Bertz CT molecular complexity index is 555. The van der Waals surface area contributed by atoms with Gasteiger partial charge in [0.25, 0.3) is 5.91 Å². The lowest BCUT2D eigenvalue weighted by atomic mass is 9.91. The number of aryl methyl sites for hydroxylation is 1. The zero-order chi connectivity index (χ0) is 15.6. The second kappa shape index (κ2) is 6.16. The van der Waals surface area contributed by atoms with Crippen LogP contribution >= 0.6 is 0 Å². The third kappa shape index (κ3) is 3.17. The lowest BCUT2D eigenvalue weighted by Crippen LogP contribution is -2.49. The highest BCUT2D eigenvalue weighted by Gasteiger charge is 2.36. The average molecular weight is 291 g/mol. The van der Waals surface area contributed by atoms with Crippen LogP contribution in [0.2, 0.25) is 0 Å². The summed E-state index contributed by atoms with van der Waals surface area (Å²) in [4.78, 5) is 25.6. The molecule has 5 heteroatoms. The Kier molecular flexibility index (Phi) is 4.50. The van der Waals surface area contributed by atoms with E-state index >= 15 is 0 Å². The van der Waals surface area contributed by atoms with Crippen LogP contribution in [0.15, 0.2) is 18.2 Å². The van der Waals surface area contributed by atoms with E-state index in [1.807, 2.05) is 19.9 Å². The summed E-state index contributed by atoms with van der Waals surface area (Å²) in [5.41, 5.74) is 1.37. The smallest absolute Gasteiger partial charge is 0.326 e. The third-order valence-electron chi connectivity index (χ3n) is 4.00. The van der Waals surface area contributed by atoms with Gasteiger partial charge in [0.15, 0.2) is 0 Å². The fourth-order valence-electron chi connectivity index (χ4n) is 2.76. The topological polar surface area (TPSA) is 66.8 Å². The second-order valence-corrected chi connectivity index (χ2v) is 5.69. The standard InChI is InChI=1S/C16H21NO4/c1-10-4-5-14(21-3)12(8-10)15(18)17-7-6-11(2)9-13(17)16(19)20/h4-5,8,11,13H,6-7,9H2,1-3H3,(H,19,20). The number of carboxylic acid groups (broad SMARTS) is 1. The summed E-state index contributed by atoms with van der Waals surface area (Å²) in [6.45, 7) is 4.38. The molecule has 0 bridgehead atoms. The molecule has 1 amide bonds. The van der Waals surface area contributed by atoms with Crippen molar-refractivity contribution in [3.05, 3.63) is 29.3 Å². The summed E-state index contributed by atoms with van der Waals surface area (Å²) in [6, 6.07) is 4.59. The first-order valence-electron chi connectivity index (χ1n) is 7.12. The quantitative estimate of drug-likeness (QED) is 0.928. The fraction of sp³-hybridized carbons (Fsp3) is 0.500. The molecule has 1 aromatic carbocycles. The van der Waals surface area contributed by atoms with Crippen LogP contribution in [-0.2, 0) is 4.79 Å². The Labute approximate surface area is 124 Å². The van der Waals surface area contributed by atoms with Crippen LogP contribution in [-0.4, -0.2) is 41.6 Å². The number of carboxylic acids is 1. The lowest BCUT2D eigenvalue weighted by Gasteiger charge is -2.36. The predicted octanol–water partition coefficient (Wildman–Crippen LogP) is 2.33. The Hall–Kier alpha value is -2.04. The maximum Gasteiger partial charge on any atom is 0.326 e. The van der Waals surface area contributed by atoms with Crippen LogP contribution in [0, 0.1) is 12.8 Å². The number of nitrogens with zero attached hydrogens (tertiary/aromatic N) is 1. The molecule has 2 unspecified atom stereocenters. The van der Waals surface area contributed by atoms with Crippen molar-refractivity contribution in [3.63, 3.8) is 0 Å². The number of likely N-dealkylation sites (tertiary alicyclic amines) is 1. The van der Waals surface area contributed by atoms with Crippen molar-refractivity contribution >= 4 is 11.9 Å². The van der Waals surface area contributed by atoms with E-state index in [0.717, 1.165) is 12.0 Å². The average Bonchev–Trinajstić information content (AvgIpc) is 2.46. The minimum absolute atomic E-state index is 0.269. The summed E-state index contributed by atoms with van der Waals surface area (Å²) < 4.78 is 5.23. The second-order valence-electron chi connectivity index (χ2n) is 5.69. The molecular formula is C16H21NO4. The van der Waals surface area contributed by atoms with Gasteiger partial charge in [-0.3, -0.25) is 4.79 Å². The molecular weight excluding hydrogens is 270 g/mol. The Morgan fingerprint density at radius 2 is 2.10 bits per heavy atom. The van der Waals surface area contributed by atoms with Crippen molar-refractivity contribution in [1.29, 1.82) is 0 Å². The number of ether oxygens (including phenoxy) is 1. The Balaban J connectivity index is 2.34. The molecule has 1 fully saturated rings. The first-order chi connectivity index (χ1) is 9.93. The van der Waals surface area contributed by atoms with Crippen LogP contribution in [0.25, 0.3) is 0 Å². The zero-order valence-electron chi connectivity index (χ0n) is 12.6. The normalized spacial score (nSPS) is 22.0. The van der Waals surface area contributed by atoms with Crippen molar-refractivity contribution in [2.45, 2.75) is 32.7 Å². The van der Waals surface area contributed by atoms with Gasteiger partial charge in [0.05, 0.1) is 12.7 Å². The molecule has 1 N–H and O–H groups in total. The van der Waals surface area contributed by atoms with Gasteiger partial charge in [0.2, 0.25) is 0 Å². The van der Waals surface area contributed by atoms with E-state index in [0.29, 0.717) is 30.2 Å². The summed E-state index contributed by atoms with van der Waals surface area (Å²) in [5.74, 6) is -0.417. The largest absolute Gasteiger partial charge is 0.496 e. The van der Waals surface area contributed by atoms with E-state index in [9.17, 15) is 14.7 Å². The maximum atomic E-state index is 12.7. The van der Waals surface area contributed by atoms with Crippen LogP contribution in [0.1, 0.15) is 35.7 Å². The maximum absolute atomic E-state index is 12.7. The summed E-state index contributed by atoms with van der Waals surface area (Å²) in [7, 11) is 1.51. The summed E-state index contributed by atoms with van der Waals surface area (Å²) >= 11 is 0. The van der Waals surface area contributed by atoms with Gasteiger partial charge in [-0.05, 0) is 37.8 Å². The van der Waals surface area contributed by atoms with Crippen LogP contribution in [0.3, 0.4) is 0 Å². The molecule has 0 saturated carbocycles. The predicted molar refractivity (Wildman–Crippen MR) is 78.6 cm³/mol. The number of benzene rings is 1. The molecule has 2 atom stereocenters. The molecule has 2 rings (SSSR count). The van der Waals surface area contributed by atoms with Gasteiger partial charge in [-0.15, -0.1) is 0 Å². The molecule has 5 nitrogen and oxygen atoms in total. The van der Waals surface area contributed by atoms with Crippen LogP contribution in [0.5, 0.6) is 5.75 Å². The molecule has 0 spiro atoms.